The van der Waals surface area contributed by atoms with Crippen molar-refractivity contribution in [1.29, 1.82) is 0 Å². The Labute approximate surface area is 197 Å². The molecule has 8 heteroatoms. The van der Waals surface area contributed by atoms with Crippen molar-refractivity contribution in [2.24, 2.45) is 4.99 Å². The lowest BCUT2D eigenvalue weighted by Crippen LogP contribution is -2.39. The fourth-order valence-electron chi connectivity index (χ4n) is 3.63. The van der Waals surface area contributed by atoms with E-state index in [1.807, 2.05) is 54.6 Å². The van der Waals surface area contributed by atoms with Gasteiger partial charge in [0.2, 0.25) is 0 Å². The molecule has 1 aliphatic heterocycles. The van der Waals surface area contributed by atoms with E-state index in [1.54, 1.807) is 25.5 Å². The number of benzene rings is 2. The number of fused-ring (bicyclic) bond motifs is 1. The molecule has 1 atom stereocenters. The molecular weight excluding hydrogens is 492 g/mol. The van der Waals surface area contributed by atoms with Crippen molar-refractivity contribution in [2.75, 3.05) is 13.7 Å². The Morgan fingerprint density at radius 1 is 1.25 bits per heavy atom. The van der Waals surface area contributed by atoms with E-state index >= 15 is 0 Å². The summed E-state index contributed by atoms with van der Waals surface area (Å²) in [5.74, 6) is 0.154. The lowest BCUT2D eigenvalue weighted by atomic mass is 9.95. The van der Waals surface area contributed by atoms with Crippen LogP contribution >= 0.6 is 27.3 Å². The molecule has 0 bridgehead atoms. The number of thiazole rings is 1. The van der Waals surface area contributed by atoms with Crippen LogP contribution in [0.5, 0.6) is 5.75 Å². The molecule has 32 heavy (non-hydrogen) atoms. The van der Waals surface area contributed by atoms with Crippen LogP contribution in [0.15, 0.2) is 74.1 Å². The topological polar surface area (TPSA) is 69.9 Å². The molecule has 4 rings (SSSR count). The zero-order valence-corrected chi connectivity index (χ0v) is 20.2. The fourth-order valence-corrected chi connectivity index (χ4v) is 4.94. The van der Waals surface area contributed by atoms with Crippen molar-refractivity contribution in [2.45, 2.75) is 19.9 Å². The minimum Gasteiger partial charge on any atom is -0.497 e. The van der Waals surface area contributed by atoms with E-state index in [-0.39, 0.29) is 12.2 Å². The van der Waals surface area contributed by atoms with Crippen molar-refractivity contribution in [3.05, 3.63) is 95.1 Å². The van der Waals surface area contributed by atoms with Gasteiger partial charge in [-0.2, -0.15) is 0 Å². The molecule has 0 radical (unpaired) electrons. The van der Waals surface area contributed by atoms with E-state index in [0.29, 0.717) is 26.4 Å². The summed E-state index contributed by atoms with van der Waals surface area (Å²) in [6.07, 6.45) is 1.84. The maximum absolute atomic E-state index is 13.5. The highest BCUT2D eigenvalue weighted by Crippen LogP contribution is 2.32. The number of carbonyl (C=O) groups is 1. The zero-order valence-electron chi connectivity index (χ0n) is 17.8. The first-order valence-corrected chi connectivity index (χ1v) is 11.6. The Bertz CT molecular complexity index is 1390. The molecule has 0 aliphatic carbocycles. The number of halogens is 1. The van der Waals surface area contributed by atoms with Gasteiger partial charge in [0.05, 0.1) is 35.6 Å². The van der Waals surface area contributed by atoms with Gasteiger partial charge in [-0.05, 0) is 55.3 Å². The lowest BCUT2D eigenvalue weighted by molar-refractivity contribution is -0.139. The van der Waals surface area contributed by atoms with Crippen LogP contribution in [0.2, 0.25) is 0 Å². The Hall–Kier alpha value is -2.97. The summed E-state index contributed by atoms with van der Waals surface area (Å²) in [4.78, 5) is 31.6. The number of allylic oxidation sites excluding steroid dienone is 1. The Morgan fingerprint density at radius 3 is 2.69 bits per heavy atom. The summed E-state index contributed by atoms with van der Waals surface area (Å²) >= 11 is 4.72. The molecule has 0 spiro atoms. The van der Waals surface area contributed by atoms with Crippen LogP contribution in [-0.2, 0) is 9.53 Å². The van der Waals surface area contributed by atoms with Crippen LogP contribution in [-0.4, -0.2) is 24.3 Å². The molecular formula is C24H21BrN2O4S. The Balaban J connectivity index is 1.96. The molecule has 1 aromatic heterocycles. The second kappa shape index (κ2) is 9.26. The number of ether oxygens (including phenoxy) is 2. The van der Waals surface area contributed by atoms with Gasteiger partial charge >= 0.3 is 5.97 Å². The second-order valence-electron chi connectivity index (χ2n) is 7.13. The number of carbonyl (C=O) groups excluding carboxylic acids is 1. The fraction of sp³-hybridized carbons (Fsp3) is 0.208. The van der Waals surface area contributed by atoms with Gasteiger partial charge in [-0.15, -0.1) is 0 Å². The van der Waals surface area contributed by atoms with Gasteiger partial charge in [0.1, 0.15) is 5.75 Å². The summed E-state index contributed by atoms with van der Waals surface area (Å²) in [7, 11) is 1.58. The van der Waals surface area contributed by atoms with Crippen molar-refractivity contribution in [3.8, 4) is 5.75 Å². The number of hydrogen-bond donors (Lipinski definition) is 0. The third kappa shape index (κ3) is 4.20. The largest absolute Gasteiger partial charge is 0.497 e. The molecule has 0 saturated heterocycles. The Kier molecular flexibility index (Phi) is 6.43. The quantitative estimate of drug-likeness (QED) is 0.490. The van der Waals surface area contributed by atoms with Crippen molar-refractivity contribution < 1.29 is 14.3 Å². The summed E-state index contributed by atoms with van der Waals surface area (Å²) in [6.45, 7) is 3.75. The second-order valence-corrected chi connectivity index (χ2v) is 9.06. The molecule has 0 amide bonds. The predicted octanol–water partition coefficient (Wildman–Crippen LogP) is 3.57. The van der Waals surface area contributed by atoms with Crippen molar-refractivity contribution in [3.63, 3.8) is 0 Å². The highest BCUT2D eigenvalue weighted by Gasteiger charge is 2.33. The van der Waals surface area contributed by atoms with Gasteiger partial charge in [0.15, 0.2) is 4.80 Å². The van der Waals surface area contributed by atoms with E-state index in [9.17, 15) is 9.59 Å². The first kappa shape index (κ1) is 22.2. The number of esters is 1. The average molecular weight is 513 g/mol. The lowest BCUT2D eigenvalue weighted by Gasteiger charge is -2.25. The van der Waals surface area contributed by atoms with Crippen LogP contribution in [0.3, 0.4) is 0 Å². The molecule has 0 fully saturated rings. The maximum Gasteiger partial charge on any atom is 0.338 e. The monoisotopic (exact) mass is 512 g/mol. The van der Waals surface area contributed by atoms with Crippen LogP contribution < -0.4 is 19.6 Å². The van der Waals surface area contributed by atoms with Crippen LogP contribution in [0.25, 0.3) is 6.08 Å². The summed E-state index contributed by atoms with van der Waals surface area (Å²) in [5.41, 5.74) is 2.32. The van der Waals surface area contributed by atoms with E-state index in [2.05, 4.69) is 20.9 Å². The zero-order chi connectivity index (χ0) is 22.8. The molecule has 6 nitrogen and oxygen atoms in total. The van der Waals surface area contributed by atoms with Gasteiger partial charge in [0.25, 0.3) is 5.56 Å². The van der Waals surface area contributed by atoms with Crippen molar-refractivity contribution in [1.82, 2.24) is 4.57 Å². The molecule has 2 aromatic carbocycles. The van der Waals surface area contributed by atoms with Crippen LogP contribution in [0.1, 0.15) is 31.0 Å². The summed E-state index contributed by atoms with van der Waals surface area (Å²) in [5, 5.41) is 0. The number of hydrogen-bond acceptors (Lipinski definition) is 6. The number of methoxy groups -OCH3 is 1. The van der Waals surface area contributed by atoms with E-state index in [1.165, 1.54) is 11.3 Å². The van der Waals surface area contributed by atoms with Crippen LogP contribution in [0, 0.1) is 0 Å². The standard InChI is InChI=1S/C24H21BrN2O4S/c1-4-31-23(29)20-14(2)26-24-27(21(20)16-6-5-7-18(13-16)30-3)22(28)19(32-24)12-15-8-10-17(25)11-9-15/h5-13,21H,4H2,1-3H3/b19-12-/t21-/m0/s1. The summed E-state index contributed by atoms with van der Waals surface area (Å²) in [6, 6.07) is 14.4. The minimum atomic E-state index is -0.660. The highest BCUT2D eigenvalue weighted by molar-refractivity contribution is 9.10. The molecule has 0 unspecified atom stereocenters. The van der Waals surface area contributed by atoms with Gasteiger partial charge in [-0.25, -0.2) is 9.79 Å². The molecule has 164 valence electrons. The van der Waals surface area contributed by atoms with E-state index in [4.69, 9.17) is 9.47 Å². The highest BCUT2D eigenvalue weighted by atomic mass is 79.9. The van der Waals surface area contributed by atoms with Gasteiger partial charge in [-0.1, -0.05) is 51.5 Å². The van der Waals surface area contributed by atoms with E-state index < -0.39 is 12.0 Å². The number of aromatic nitrogens is 1. The first-order valence-electron chi connectivity index (χ1n) is 10.0. The minimum absolute atomic E-state index is 0.209. The molecule has 0 saturated carbocycles. The smallest absolute Gasteiger partial charge is 0.338 e. The van der Waals surface area contributed by atoms with E-state index in [0.717, 1.165) is 15.6 Å². The van der Waals surface area contributed by atoms with Crippen LogP contribution in [0.4, 0.5) is 0 Å². The number of nitrogens with zero attached hydrogens (tertiary/aromatic N) is 2. The third-order valence-corrected chi connectivity index (χ3v) is 6.61. The molecule has 3 aromatic rings. The predicted molar refractivity (Wildman–Crippen MR) is 128 cm³/mol. The molecule has 0 N–H and O–H groups in total. The summed E-state index contributed by atoms with van der Waals surface area (Å²) < 4.78 is 13.8. The molecule has 1 aliphatic rings. The first-order chi connectivity index (χ1) is 15.4. The SMILES string of the molecule is CCOC(=O)C1=C(C)N=c2s/c(=C\c3ccc(Br)cc3)c(=O)n2[C@H]1c1cccc(OC)c1. The average Bonchev–Trinajstić information content (AvgIpc) is 3.09. The maximum atomic E-state index is 13.5. The third-order valence-electron chi connectivity index (χ3n) is 5.09. The number of rotatable bonds is 5. The van der Waals surface area contributed by atoms with Gasteiger partial charge in [0, 0.05) is 4.47 Å². The normalized spacial score (nSPS) is 15.9. The molecule has 2 heterocycles. The Morgan fingerprint density at radius 2 is 2.00 bits per heavy atom. The van der Waals surface area contributed by atoms with Gasteiger partial charge < -0.3 is 9.47 Å². The van der Waals surface area contributed by atoms with Crippen molar-refractivity contribution >= 4 is 39.3 Å². The van der Waals surface area contributed by atoms with Gasteiger partial charge in [-0.3, -0.25) is 9.36 Å².